The summed E-state index contributed by atoms with van der Waals surface area (Å²) in [6, 6.07) is 12.4. The number of hydrogen-bond acceptors (Lipinski definition) is 3. The number of hydrogen-bond donors (Lipinski definition) is 0. The van der Waals surface area contributed by atoms with Crippen LogP contribution in [0, 0.1) is 18.3 Å². The van der Waals surface area contributed by atoms with Crippen molar-refractivity contribution in [2.24, 2.45) is 0 Å². The number of sulfone groups is 1. The zero-order valence-corrected chi connectivity index (χ0v) is 27.1. The van der Waals surface area contributed by atoms with Gasteiger partial charge in [0.1, 0.15) is 0 Å². The van der Waals surface area contributed by atoms with Gasteiger partial charge in [-0.05, 0) is 0 Å². The van der Waals surface area contributed by atoms with Gasteiger partial charge in [0.25, 0.3) is 0 Å². The van der Waals surface area contributed by atoms with Crippen LogP contribution in [0.4, 0.5) is 0 Å². The Balaban J connectivity index is 1.78. The van der Waals surface area contributed by atoms with E-state index in [0.29, 0.717) is 12.0 Å². The maximum absolute atomic E-state index is 11.5. The summed E-state index contributed by atoms with van der Waals surface area (Å²) >= 11 is 0.144. The molecule has 0 aliphatic heterocycles. The molecule has 0 saturated carbocycles. The Hall–Kier alpha value is -1.33. The van der Waals surface area contributed by atoms with E-state index in [9.17, 15) is 13.7 Å². The third-order valence-corrected chi connectivity index (χ3v) is 11.2. The van der Waals surface area contributed by atoms with Crippen molar-refractivity contribution in [3.63, 3.8) is 0 Å². The minimum atomic E-state index is -2.92. The van der Waals surface area contributed by atoms with Gasteiger partial charge >= 0.3 is 232 Å². The standard InChI is InChI=1S/C32H50IN2O2S/c1-4-5-6-7-8-9-10-11-12-13-14-16-23-33-26-30-25-32(18-15-17-24-38(3,36)37)35(28(30)2)31-21-19-29(27-34)20-22-31/h19-22,25H,4-18,23-24,26H2,1-3H3/q-1. The quantitative estimate of drug-likeness (QED) is 0.104. The van der Waals surface area contributed by atoms with E-state index >= 15 is 0 Å². The Morgan fingerprint density at radius 1 is 0.842 bits per heavy atom. The second-order valence-corrected chi connectivity index (χ2v) is 15.9. The number of rotatable bonds is 21. The number of benzene rings is 1. The van der Waals surface area contributed by atoms with Crippen molar-refractivity contribution < 1.29 is 29.6 Å². The van der Waals surface area contributed by atoms with Gasteiger partial charge in [0, 0.05) is 0 Å². The van der Waals surface area contributed by atoms with Crippen molar-refractivity contribution in [2.75, 3.05) is 16.4 Å². The Kier molecular flexibility index (Phi) is 16.3. The number of alkyl halides is 2. The molecule has 0 saturated heterocycles. The molecule has 0 bridgehead atoms. The maximum atomic E-state index is 11.5. The zero-order valence-electron chi connectivity index (χ0n) is 24.1. The zero-order chi connectivity index (χ0) is 27.6. The molecule has 0 atom stereocenters. The SMILES string of the molecule is CCCCCCCCCCCCCC[I-]Cc1cc(CCCCS(C)(=O)=O)n(-c2ccc(C#N)cc2)c1C. The van der Waals surface area contributed by atoms with E-state index in [1.165, 1.54) is 109 Å². The number of nitrogens with zero attached hydrogens (tertiary/aromatic N) is 2. The fraction of sp³-hybridized carbons (Fsp3) is 0.656. The molecule has 2 aromatic rings. The number of unbranched alkanes of at least 4 members (excludes halogenated alkanes) is 12. The Bertz CT molecular complexity index is 1070. The summed E-state index contributed by atoms with van der Waals surface area (Å²) in [6.45, 7) is 4.49. The van der Waals surface area contributed by atoms with Gasteiger partial charge < -0.3 is 0 Å². The van der Waals surface area contributed by atoms with E-state index in [0.717, 1.165) is 18.5 Å². The monoisotopic (exact) mass is 653 g/mol. The van der Waals surface area contributed by atoms with Crippen molar-refractivity contribution in [3.8, 4) is 11.8 Å². The average molecular weight is 654 g/mol. The molecule has 0 spiro atoms. The van der Waals surface area contributed by atoms with Crippen molar-refractivity contribution in [3.05, 3.63) is 52.8 Å². The number of aromatic nitrogens is 1. The van der Waals surface area contributed by atoms with E-state index < -0.39 is 9.84 Å². The predicted octanol–water partition coefficient (Wildman–Crippen LogP) is 5.31. The number of aryl methyl sites for hydroxylation is 1. The van der Waals surface area contributed by atoms with Gasteiger partial charge in [-0.1, -0.05) is 13.3 Å². The molecule has 0 unspecified atom stereocenters. The van der Waals surface area contributed by atoms with Crippen LogP contribution in [-0.2, 0) is 20.7 Å². The summed E-state index contributed by atoms with van der Waals surface area (Å²) < 4.78 is 28.0. The van der Waals surface area contributed by atoms with Gasteiger partial charge in [-0.3, -0.25) is 0 Å². The van der Waals surface area contributed by atoms with Gasteiger partial charge in [0.15, 0.2) is 0 Å². The summed E-state index contributed by atoms with van der Waals surface area (Å²) in [5.74, 6) is 0.251. The van der Waals surface area contributed by atoms with Crippen molar-refractivity contribution in [2.45, 2.75) is 115 Å². The van der Waals surface area contributed by atoms with Crippen LogP contribution in [0.1, 0.15) is 119 Å². The fourth-order valence-corrected chi connectivity index (χ4v) is 8.50. The topological polar surface area (TPSA) is 62.9 Å². The minimum absolute atomic E-state index is 0.144. The van der Waals surface area contributed by atoms with Gasteiger partial charge in [0.05, 0.1) is 0 Å². The molecule has 4 nitrogen and oxygen atoms in total. The van der Waals surface area contributed by atoms with Gasteiger partial charge in [0.2, 0.25) is 0 Å². The molecule has 0 aliphatic rings. The Morgan fingerprint density at radius 2 is 1.42 bits per heavy atom. The van der Waals surface area contributed by atoms with E-state index in [-0.39, 0.29) is 27.0 Å². The number of halogens is 1. The van der Waals surface area contributed by atoms with E-state index in [1.807, 2.05) is 24.3 Å². The Morgan fingerprint density at radius 3 is 1.97 bits per heavy atom. The average Bonchev–Trinajstić information content (AvgIpc) is 3.21. The first-order chi connectivity index (χ1) is 18.4. The van der Waals surface area contributed by atoms with Crippen LogP contribution in [-0.4, -0.2) is 29.4 Å². The van der Waals surface area contributed by atoms with Crippen LogP contribution < -0.4 is 21.2 Å². The van der Waals surface area contributed by atoms with Gasteiger partial charge in [-0.2, -0.15) is 0 Å². The van der Waals surface area contributed by atoms with Crippen LogP contribution in [0.25, 0.3) is 5.69 Å². The fourth-order valence-electron chi connectivity index (χ4n) is 4.96. The predicted molar refractivity (Wildman–Crippen MR) is 158 cm³/mol. The molecule has 0 fully saturated rings. The molecule has 6 heteroatoms. The summed E-state index contributed by atoms with van der Waals surface area (Å²) in [5.41, 5.74) is 5.75. The molecule has 1 aromatic carbocycles. The summed E-state index contributed by atoms with van der Waals surface area (Å²) in [6.07, 6.45) is 20.6. The Labute approximate surface area is 243 Å². The summed E-state index contributed by atoms with van der Waals surface area (Å²) in [4.78, 5) is 0. The molecule has 1 aromatic heterocycles. The molecular weight excluding hydrogens is 603 g/mol. The molecule has 1 heterocycles. The second kappa shape index (κ2) is 18.9. The van der Waals surface area contributed by atoms with Crippen LogP contribution in [0.2, 0.25) is 0 Å². The molecule has 0 aliphatic carbocycles. The van der Waals surface area contributed by atoms with Crippen molar-refractivity contribution >= 4 is 9.84 Å². The number of nitriles is 1. The van der Waals surface area contributed by atoms with Crippen LogP contribution in [0.5, 0.6) is 0 Å². The van der Waals surface area contributed by atoms with Crippen LogP contribution in [0.15, 0.2) is 30.3 Å². The summed E-state index contributed by atoms with van der Waals surface area (Å²) in [7, 11) is -2.92. The van der Waals surface area contributed by atoms with E-state index in [1.54, 1.807) is 0 Å². The second-order valence-electron chi connectivity index (χ2n) is 10.7. The molecule has 0 N–H and O–H groups in total. The molecule has 214 valence electrons. The van der Waals surface area contributed by atoms with Gasteiger partial charge in [-0.25, -0.2) is 0 Å². The van der Waals surface area contributed by atoms with E-state index in [2.05, 4.69) is 30.6 Å². The van der Waals surface area contributed by atoms with E-state index in [4.69, 9.17) is 0 Å². The molecule has 0 amide bonds. The van der Waals surface area contributed by atoms with Crippen molar-refractivity contribution in [1.82, 2.24) is 4.57 Å². The third-order valence-electron chi connectivity index (χ3n) is 7.24. The molecule has 0 radical (unpaired) electrons. The first-order valence-corrected chi connectivity index (χ1v) is 19.9. The molecule has 2 rings (SSSR count). The van der Waals surface area contributed by atoms with Gasteiger partial charge in [-0.15, -0.1) is 0 Å². The summed E-state index contributed by atoms with van der Waals surface area (Å²) in [5, 5.41) is 9.18. The molecule has 38 heavy (non-hydrogen) atoms. The van der Waals surface area contributed by atoms with Crippen LogP contribution >= 0.6 is 0 Å². The normalized spacial score (nSPS) is 11.7. The first kappa shape index (κ1) is 32.9. The third kappa shape index (κ3) is 13.2. The molecular formula is C32H50IN2O2S-. The first-order valence-electron chi connectivity index (χ1n) is 14.8. The van der Waals surface area contributed by atoms with Crippen molar-refractivity contribution in [1.29, 1.82) is 5.26 Å². The van der Waals surface area contributed by atoms with Crippen LogP contribution in [0.3, 0.4) is 0 Å².